The average molecular weight is 232 g/mol. The second-order valence-electron chi connectivity index (χ2n) is 1.79. The van der Waals surface area contributed by atoms with Gasteiger partial charge in [0.25, 0.3) is 0 Å². The van der Waals surface area contributed by atoms with Crippen molar-refractivity contribution in [2.24, 2.45) is 0 Å². The number of phosphoric acid groups is 1. The van der Waals surface area contributed by atoms with Crippen molar-refractivity contribution in [1.82, 2.24) is 0 Å². The van der Waals surface area contributed by atoms with Gasteiger partial charge in [-0.3, -0.25) is 9.79 Å². The van der Waals surface area contributed by atoms with Crippen LogP contribution >= 0.6 is 7.82 Å². The Labute approximate surface area is 120 Å². The number of allylic oxidation sites excluding steroid dienone is 3. The van der Waals surface area contributed by atoms with Crippen molar-refractivity contribution in [3.8, 4) is 0 Å². The summed E-state index contributed by atoms with van der Waals surface area (Å²) in [6.45, 7) is 1.73. The van der Waals surface area contributed by atoms with Gasteiger partial charge in [-0.1, -0.05) is 18.2 Å². The van der Waals surface area contributed by atoms with Gasteiger partial charge in [-0.05, 0) is 6.92 Å². The van der Waals surface area contributed by atoms with Crippen LogP contribution in [0, 0.1) is 0 Å². The van der Waals surface area contributed by atoms with Crippen molar-refractivity contribution in [2.75, 3.05) is 0 Å². The van der Waals surface area contributed by atoms with Crippen molar-refractivity contribution in [3.05, 3.63) is 24.3 Å². The van der Waals surface area contributed by atoms with Crippen LogP contribution in [-0.2, 0) is 13.9 Å². The first-order valence-electron chi connectivity index (χ1n) is 3.04. The number of carbonyl (C=O) groups is 1. The van der Waals surface area contributed by atoms with Crippen LogP contribution in [0.2, 0.25) is 0 Å². The number of hydrogen-bond donors (Lipinski definition) is 2. The molecule has 2 N–H and O–H groups in total. The maximum absolute atomic E-state index is 10.5. The molecule has 0 spiro atoms. The van der Waals surface area contributed by atoms with Crippen LogP contribution in [0.4, 0.5) is 0 Å². The minimum absolute atomic E-state index is 0. The molecule has 0 saturated carbocycles. The van der Waals surface area contributed by atoms with Crippen LogP contribution in [0.3, 0.4) is 0 Å². The molecule has 0 unspecified atom stereocenters. The molecule has 0 heterocycles. The quantitative estimate of drug-likeness (QED) is 0.251. The number of phosphoric ester groups is 1. The Kier molecular flexibility index (Phi) is 10.1. The van der Waals surface area contributed by atoms with Crippen molar-refractivity contribution in [3.63, 3.8) is 0 Å². The van der Waals surface area contributed by atoms with Crippen LogP contribution in [0.5, 0.6) is 0 Å². The van der Waals surface area contributed by atoms with E-state index in [0.717, 1.165) is 6.08 Å². The van der Waals surface area contributed by atoms with Gasteiger partial charge in [0.2, 0.25) is 0 Å². The summed E-state index contributed by atoms with van der Waals surface area (Å²) in [5.41, 5.74) is 0. The van der Waals surface area contributed by atoms with Crippen LogP contribution in [0.1, 0.15) is 8.35 Å². The van der Waals surface area contributed by atoms with Gasteiger partial charge < -0.3 is 5.95 Å². The third-order valence-corrected chi connectivity index (χ3v) is 1.16. The maximum Gasteiger partial charge on any atom is 1.00 e. The Morgan fingerprint density at radius 2 is 2.00 bits per heavy atom. The summed E-state index contributed by atoms with van der Waals surface area (Å²) in [5, 5.41) is 0. The fourth-order valence-corrected chi connectivity index (χ4v) is 0.688. The Morgan fingerprint density at radius 1 is 1.46 bits per heavy atom. The fourth-order valence-electron chi connectivity index (χ4n) is 0.393. The van der Waals surface area contributed by atoms with Crippen LogP contribution in [0.15, 0.2) is 24.3 Å². The molecule has 5 nitrogen and oxygen atoms in total. The minimum Gasteiger partial charge on any atom is -1.00 e. The van der Waals surface area contributed by atoms with Gasteiger partial charge in [-0.15, -0.1) is 0 Å². The second-order valence-corrected chi connectivity index (χ2v) is 2.95. The van der Waals surface area contributed by atoms with Crippen LogP contribution < -0.4 is 51.4 Å². The van der Waals surface area contributed by atoms with Gasteiger partial charge in [0.05, 0.1) is 0 Å². The van der Waals surface area contributed by atoms with E-state index >= 15 is 0 Å². The molecule has 0 aromatic heterocycles. The van der Waals surface area contributed by atoms with Crippen molar-refractivity contribution in [1.29, 1.82) is 0 Å². The standard InChI is InChI=1S/C6H9O5P.K.H/c1-2-3-4-5-6(7)11-12(8,9)10;;/h2-5H,1H3,(H2,8,9,10);;/q;+1;-1/b3-2+,5-4+;;. The smallest absolute Gasteiger partial charge is 1.00 e. The molecule has 0 atom stereocenters. The second kappa shape index (κ2) is 8.08. The molecule has 7 heteroatoms. The molecule has 0 aromatic carbocycles. The molecule has 0 rings (SSSR count). The molecule has 0 fully saturated rings. The summed E-state index contributed by atoms with van der Waals surface area (Å²) in [6, 6.07) is 0. The first-order chi connectivity index (χ1) is 5.45. The fraction of sp³-hybridized carbons (Fsp3) is 0.167. The molecule has 0 aliphatic heterocycles. The topological polar surface area (TPSA) is 83.8 Å². The summed E-state index contributed by atoms with van der Waals surface area (Å²) >= 11 is 0. The monoisotopic (exact) mass is 232 g/mol. The van der Waals surface area contributed by atoms with Gasteiger partial charge in [0.15, 0.2) is 0 Å². The van der Waals surface area contributed by atoms with Crippen molar-refractivity contribution in [2.45, 2.75) is 6.92 Å². The van der Waals surface area contributed by atoms with E-state index in [0.29, 0.717) is 0 Å². The zero-order valence-electron chi connectivity index (χ0n) is 8.38. The van der Waals surface area contributed by atoms with Gasteiger partial charge >= 0.3 is 65.2 Å². The van der Waals surface area contributed by atoms with E-state index in [-0.39, 0.29) is 52.8 Å². The largest absolute Gasteiger partial charge is 1.00 e. The van der Waals surface area contributed by atoms with E-state index in [4.69, 9.17) is 9.79 Å². The maximum atomic E-state index is 10.5. The summed E-state index contributed by atoms with van der Waals surface area (Å²) in [5.74, 6) is -1.07. The SMILES string of the molecule is C/C=C/C=C/C(=O)OP(=O)(O)O.[H-].[K+]. The Morgan fingerprint density at radius 3 is 2.38 bits per heavy atom. The van der Waals surface area contributed by atoms with E-state index in [1.54, 1.807) is 13.0 Å². The van der Waals surface area contributed by atoms with E-state index in [1.807, 2.05) is 0 Å². The van der Waals surface area contributed by atoms with E-state index < -0.39 is 13.8 Å². The van der Waals surface area contributed by atoms with E-state index in [2.05, 4.69) is 4.52 Å². The molecule has 0 aliphatic rings. The zero-order valence-corrected chi connectivity index (χ0v) is 11.4. The predicted octanol–water partition coefficient (Wildman–Crippen LogP) is -2.13. The summed E-state index contributed by atoms with van der Waals surface area (Å²) < 4.78 is 13.8. The Hall–Kier alpha value is 0.736. The first kappa shape index (κ1) is 16.2. The summed E-state index contributed by atoms with van der Waals surface area (Å²) in [4.78, 5) is 26.8. The molecule has 0 bridgehead atoms. The molecule has 0 radical (unpaired) electrons. The number of rotatable bonds is 3. The third kappa shape index (κ3) is 12.7. The van der Waals surface area contributed by atoms with Gasteiger partial charge in [-0.2, -0.15) is 0 Å². The van der Waals surface area contributed by atoms with Crippen LogP contribution in [0.25, 0.3) is 0 Å². The molecule has 13 heavy (non-hydrogen) atoms. The molecular formula is C6H10KO5P. The average Bonchev–Trinajstić information content (AvgIpc) is 1.84. The number of carbonyl (C=O) groups excluding carboxylic acids is 1. The Balaban J connectivity index is -0.000000605. The molecular weight excluding hydrogens is 222 g/mol. The van der Waals surface area contributed by atoms with E-state index in [9.17, 15) is 9.36 Å². The van der Waals surface area contributed by atoms with Gasteiger partial charge in [0.1, 0.15) is 0 Å². The molecule has 0 amide bonds. The zero-order chi connectivity index (χ0) is 9.61. The van der Waals surface area contributed by atoms with Crippen molar-refractivity contribution < 1.29 is 76.5 Å². The van der Waals surface area contributed by atoms with Crippen LogP contribution in [-0.4, -0.2) is 15.8 Å². The minimum atomic E-state index is -4.70. The molecule has 70 valence electrons. The molecule has 0 aromatic rings. The third-order valence-electron chi connectivity index (χ3n) is 0.745. The molecule has 0 aliphatic carbocycles. The summed E-state index contributed by atoms with van der Waals surface area (Å²) in [6.07, 6.45) is 5.42. The summed E-state index contributed by atoms with van der Waals surface area (Å²) in [7, 11) is -4.70. The predicted molar refractivity (Wildman–Crippen MR) is 43.2 cm³/mol. The van der Waals surface area contributed by atoms with Gasteiger partial charge in [-0.25, -0.2) is 9.36 Å². The molecule has 0 saturated heterocycles. The van der Waals surface area contributed by atoms with Crippen molar-refractivity contribution >= 4 is 13.8 Å². The number of hydrogen-bond acceptors (Lipinski definition) is 3. The van der Waals surface area contributed by atoms with Gasteiger partial charge in [0, 0.05) is 6.08 Å². The van der Waals surface area contributed by atoms with E-state index in [1.165, 1.54) is 12.2 Å². The first-order valence-corrected chi connectivity index (χ1v) is 4.57. The normalized spacial score (nSPS) is 11.6. The Bertz CT molecular complexity index is 259.